The lowest BCUT2D eigenvalue weighted by Gasteiger charge is -2.32. The van der Waals surface area contributed by atoms with E-state index in [0.29, 0.717) is 29.6 Å². The second-order valence-electron chi connectivity index (χ2n) is 7.79. The molecule has 6 nitrogen and oxygen atoms in total. The summed E-state index contributed by atoms with van der Waals surface area (Å²) in [5.74, 6) is -0.517. The molecule has 1 atom stereocenters. The summed E-state index contributed by atoms with van der Waals surface area (Å²) < 4.78 is 44.5. The zero-order valence-electron chi connectivity index (χ0n) is 17.8. The number of anilines is 2. The van der Waals surface area contributed by atoms with E-state index in [4.69, 9.17) is 17.0 Å². The number of hydrogen-bond acceptors (Lipinski definition) is 4. The predicted octanol–water partition coefficient (Wildman–Crippen LogP) is 3.97. The summed E-state index contributed by atoms with van der Waals surface area (Å²) in [6.45, 7) is 4.67. The first-order valence-corrected chi connectivity index (χ1v) is 10.8. The van der Waals surface area contributed by atoms with Crippen LogP contribution in [0.25, 0.3) is 0 Å². The molecule has 4 rings (SSSR count). The maximum atomic E-state index is 13.1. The quantitative estimate of drug-likeness (QED) is 0.581. The lowest BCUT2D eigenvalue weighted by molar-refractivity contribution is -0.137. The van der Waals surface area contributed by atoms with E-state index < -0.39 is 23.7 Å². The van der Waals surface area contributed by atoms with Crippen LogP contribution in [0.3, 0.4) is 0 Å². The largest absolute Gasteiger partial charge is 0.416 e. The van der Waals surface area contributed by atoms with E-state index in [1.807, 2.05) is 24.3 Å². The minimum absolute atomic E-state index is 0.0599. The Labute approximate surface area is 194 Å². The number of allylic oxidation sites excluding steroid dienone is 1. The molecule has 174 valence electrons. The van der Waals surface area contributed by atoms with Crippen LogP contribution in [0.2, 0.25) is 0 Å². The molecule has 0 aliphatic carbocycles. The van der Waals surface area contributed by atoms with Crippen molar-refractivity contribution in [3.63, 3.8) is 0 Å². The molecule has 0 radical (unpaired) electrons. The van der Waals surface area contributed by atoms with Crippen molar-refractivity contribution in [3.05, 3.63) is 70.9 Å². The van der Waals surface area contributed by atoms with E-state index in [1.165, 1.54) is 12.1 Å². The Morgan fingerprint density at radius 3 is 2.52 bits per heavy atom. The van der Waals surface area contributed by atoms with Gasteiger partial charge in [-0.25, -0.2) is 0 Å². The van der Waals surface area contributed by atoms with E-state index in [-0.39, 0.29) is 5.69 Å². The van der Waals surface area contributed by atoms with Crippen molar-refractivity contribution in [1.29, 1.82) is 0 Å². The summed E-state index contributed by atoms with van der Waals surface area (Å²) in [5.41, 5.74) is 1.97. The third-order valence-corrected chi connectivity index (χ3v) is 5.78. The number of amides is 1. The Morgan fingerprint density at radius 2 is 1.85 bits per heavy atom. The van der Waals surface area contributed by atoms with Crippen LogP contribution in [0.1, 0.15) is 24.1 Å². The van der Waals surface area contributed by atoms with Gasteiger partial charge in [0.05, 0.1) is 30.4 Å². The molecule has 2 aliphatic rings. The van der Waals surface area contributed by atoms with E-state index in [0.717, 1.165) is 36.5 Å². The van der Waals surface area contributed by atoms with Crippen LogP contribution in [-0.2, 0) is 15.7 Å². The van der Waals surface area contributed by atoms with Gasteiger partial charge in [0.25, 0.3) is 5.91 Å². The number of benzene rings is 2. The van der Waals surface area contributed by atoms with Crippen molar-refractivity contribution in [2.75, 3.05) is 36.5 Å². The highest BCUT2D eigenvalue weighted by Crippen LogP contribution is 2.32. The topological polar surface area (TPSA) is 65.6 Å². The predicted molar refractivity (Wildman–Crippen MR) is 124 cm³/mol. The molecule has 0 spiro atoms. The standard InChI is InChI=1S/C23H23F3N4O2S/c1-14-19(21(31)28-17-4-2-3-16(13-17)23(24,25)26)20(29-22(33)27-14)15-5-7-18(8-6-15)30-9-11-32-12-10-30/h2-8,13,20H,9-12H2,1H3,(H,28,31)(H2,27,29,33)/t20-/m0/s1. The van der Waals surface area contributed by atoms with Gasteiger partial charge >= 0.3 is 6.18 Å². The average Bonchev–Trinajstić information content (AvgIpc) is 2.79. The summed E-state index contributed by atoms with van der Waals surface area (Å²) in [5, 5.41) is 8.99. The smallest absolute Gasteiger partial charge is 0.378 e. The first kappa shape index (κ1) is 23.1. The lowest BCUT2D eigenvalue weighted by Crippen LogP contribution is -2.45. The Balaban J connectivity index is 1.58. The van der Waals surface area contributed by atoms with Crippen molar-refractivity contribution in [1.82, 2.24) is 10.6 Å². The third kappa shape index (κ3) is 5.28. The molecule has 1 fully saturated rings. The highest BCUT2D eigenvalue weighted by Gasteiger charge is 2.32. The second kappa shape index (κ2) is 9.40. The molecule has 0 saturated carbocycles. The van der Waals surface area contributed by atoms with Gasteiger partial charge in [0, 0.05) is 30.2 Å². The molecular weight excluding hydrogens is 453 g/mol. The molecule has 1 amide bonds. The van der Waals surface area contributed by atoms with Crippen LogP contribution in [-0.4, -0.2) is 37.3 Å². The number of carbonyl (C=O) groups excluding carboxylic acids is 1. The van der Waals surface area contributed by atoms with E-state index >= 15 is 0 Å². The Bertz CT molecular complexity index is 1080. The van der Waals surface area contributed by atoms with Crippen molar-refractivity contribution in [2.24, 2.45) is 0 Å². The number of rotatable bonds is 4. The summed E-state index contributed by atoms with van der Waals surface area (Å²) in [7, 11) is 0. The third-order valence-electron chi connectivity index (χ3n) is 5.56. The molecule has 0 bridgehead atoms. The van der Waals surface area contributed by atoms with Crippen LogP contribution >= 0.6 is 12.2 Å². The van der Waals surface area contributed by atoms with Gasteiger partial charge in [0.15, 0.2) is 5.11 Å². The number of halogens is 3. The van der Waals surface area contributed by atoms with Gasteiger partial charge in [-0.05, 0) is 55.0 Å². The van der Waals surface area contributed by atoms with Crippen molar-refractivity contribution < 1.29 is 22.7 Å². The van der Waals surface area contributed by atoms with Crippen molar-refractivity contribution in [3.8, 4) is 0 Å². The van der Waals surface area contributed by atoms with Crippen LogP contribution < -0.4 is 20.9 Å². The maximum Gasteiger partial charge on any atom is 0.416 e. The molecule has 3 N–H and O–H groups in total. The first-order valence-electron chi connectivity index (χ1n) is 10.4. The fourth-order valence-electron chi connectivity index (χ4n) is 3.92. The van der Waals surface area contributed by atoms with Crippen LogP contribution in [0.5, 0.6) is 0 Å². The Morgan fingerprint density at radius 1 is 1.15 bits per heavy atom. The number of morpholine rings is 1. The van der Waals surface area contributed by atoms with E-state index in [9.17, 15) is 18.0 Å². The number of nitrogens with zero attached hydrogens (tertiary/aromatic N) is 1. The number of thiocarbonyl (C=S) groups is 1. The highest BCUT2D eigenvalue weighted by molar-refractivity contribution is 7.80. The Hall–Kier alpha value is -3.11. The molecule has 2 aliphatic heterocycles. The van der Waals surface area contributed by atoms with Crippen LogP contribution in [0.4, 0.5) is 24.5 Å². The van der Waals surface area contributed by atoms with E-state index in [2.05, 4.69) is 20.9 Å². The first-order chi connectivity index (χ1) is 15.7. The molecule has 0 aromatic heterocycles. The SMILES string of the molecule is CC1=C(C(=O)Nc2cccc(C(F)(F)F)c2)[C@H](c2ccc(N3CCOCC3)cc2)NC(=S)N1. The number of hydrogen-bond donors (Lipinski definition) is 3. The average molecular weight is 477 g/mol. The molecule has 10 heteroatoms. The molecule has 33 heavy (non-hydrogen) atoms. The minimum Gasteiger partial charge on any atom is -0.378 e. The maximum absolute atomic E-state index is 13.1. The molecule has 2 aromatic carbocycles. The zero-order chi connectivity index (χ0) is 23.6. The molecule has 2 aromatic rings. The van der Waals surface area contributed by atoms with E-state index in [1.54, 1.807) is 6.92 Å². The second-order valence-corrected chi connectivity index (χ2v) is 8.20. The molecule has 1 saturated heterocycles. The van der Waals surface area contributed by atoms with Gasteiger partial charge in [-0.2, -0.15) is 13.2 Å². The summed E-state index contributed by atoms with van der Waals surface area (Å²) in [6, 6.07) is 11.8. The summed E-state index contributed by atoms with van der Waals surface area (Å²) in [4.78, 5) is 15.4. The normalized spacial score (nSPS) is 19.1. The van der Waals surface area contributed by atoms with Gasteiger partial charge in [-0.3, -0.25) is 4.79 Å². The van der Waals surface area contributed by atoms with Gasteiger partial charge in [-0.15, -0.1) is 0 Å². The Kier molecular flexibility index (Phi) is 6.57. The number of carbonyl (C=O) groups is 1. The highest BCUT2D eigenvalue weighted by atomic mass is 32.1. The monoisotopic (exact) mass is 476 g/mol. The number of nitrogens with one attached hydrogen (secondary N) is 3. The minimum atomic E-state index is -4.50. The number of ether oxygens (including phenoxy) is 1. The fourth-order valence-corrected chi connectivity index (χ4v) is 4.19. The number of alkyl halides is 3. The molecule has 0 unspecified atom stereocenters. The lowest BCUT2D eigenvalue weighted by atomic mass is 9.94. The van der Waals surface area contributed by atoms with Crippen molar-refractivity contribution >= 4 is 34.6 Å². The van der Waals surface area contributed by atoms with Gasteiger partial charge in [0.1, 0.15) is 0 Å². The van der Waals surface area contributed by atoms with Crippen LogP contribution in [0, 0.1) is 0 Å². The van der Waals surface area contributed by atoms with Gasteiger partial charge in [0.2, 0.25) is 0 Å². The van der Waals surface area contributed by atoms with Gasteiger partial charge < -0.3 is 25.6 Å². The molecule has 2 heterocycles. The fraction of sp³-hybridized carbons (Fsp3) is 0.304. The van der Waals surface area contributed by atoms with Crippen LogP contribution in [0.15, 0.2) is 59.8 Å². The molecular formula is C23H23F3N4O2S. The van der Waals surface area contributed by atoms with Crippen molar-refractivity contribution in [2.45, 2.75) is 19.1 Å². The summed E-state index contributed by atoms with van der Waals surface area (Å²) >= 11 is 5.28. The summed E-state index contributed by atoms with van der Waals surface area (Å²) in [6.07, 6.45) is -4.50. The zero-order valence-corrected chi connectivity index (χ0v) is 18.6. The van der Waals surface area contributed by atoms with Gasteiger partial charge in [-0.1, -0.05) is 18.2 Å².